The molecule has 0 aromatic rings. The zero-order chi connectivity index (χ0) is 50.0. The van der Waals surface area contributed by atoms with Gasteiger partial charge in [0, 0.05) is 19.3 Å². The van der Waals surface area contributed by atoms with E-state index < -0.39 is 6.10 Å². The second-order valence-corrected chi connectivity index (χ2v) is 19.6. The minimum atomic E-state index is -0.792. The fourth-order valence-electron chi connectivity index (χ4n) is 8.31. The maximum Gasteiger partial charge on any atom is 0.306 e. The molecule has 0 fully saturated rings. The summed E-state index contributed by atoms with van der Waals surface area (Å²) in [5, 5.41) is 0. The molecular weight excluding hydrogens is 853 g/mol. The zero-order valence-electron chi connectivity index (χ0n) is 45.6. The van der Waals surface area contributed by atoms with Crippen LogP contribution in [0.1, 0.15) is 290 Å². The second kappa shape index (κ2) is 57.4. The monoisotopic (exact) mass is 963 g/mol. The van der Waals surface area contributed by atoms with Crippen molar-refractivity contribution >= 4 is 17.9 Å². The fraction of sp³-hybridized carbons (Fsp3) is 0.762. The third-order valence-corrected chi connectivity index (χ3v) is 12.7. The van der Waals surface area contributed by atoms with Gasteiger partial charge in [-0.3, -0.25) is 14.4 Å². The molecule has 0 N–H and O–H groups in total. The van der Waals surface area contributed by atoms with E-state index >= 15 is 0 Å². The molecule has 0 rings (SSSR count). The number of unbranched alkanes of at least 4 members (excludes halogenated alkanes) is 31. The molecule has 0 saturated heterocycles. The summed E-state index contributed by atoms with van der Waals surface area (Å²) in [5.41, 5.74) is 0. The van der Waals surface area contributed by atoms with Gasteiger partial charge in [-0.15, -0.1) is 0 Å². The predicted molar refractivity (Wildman–Crippen MR) is 298 cm³/mol. The van der Waals surface area contributed by atoms with Gasteiger partial charge in [0.25, 0.3) is 0 Å². The smallest absolute Gasteiger partial charge is 0.306 e. The number of carbonyl (C=O) groups excluding carboxylic acids is 3. The standard InChI is InChI=1S/C63H110O6/c1-4-7-10-13-16-19-22-25-28-31-32-33-36-38-41-44-47-50-53-56-62(65)68-59-60(69-63(66)57-54-51-48-45-42-39-35-30-27-24-21-18-15-12-9-6-3)58-67-61(64)55-52-49-46-43-40-37-34-29-26-23-20-17-14-11-8-5-2/h9,12,16,18-19,21-22,25,27,30,39,42,60H,4-8,10-11,13-15,17,20,23-24,26,28-29,31-38,40-41,43-59H2,1-3H3/b12-9-,19-16-,21-18-,25-22-,30-27-,42-39-. The van der Waals surface area contributed by atoms with E-state index in [-0.39, 0.29) is 31.1 Å². The number of rotatable bonds is 53. The molecule has 0 amide bonds. The Morgan fingerprint density at radius 2 is 0.609 bits per heavy atom. The van der Waals surface area contributed by atoms with Gasteiger partial charge in [-0.05, 0) is 83.5 Å². The summed E-state index contributed by atoms with van der Waals surface area (Å²) >= 11 is 0. The van der Waals surface area contributed by atoms with Gasteiger partial charge in [0.1, 0.15) is 13.2 Å². The third kappa shape index (κ3) is 55.6. The quantitative estimate of drug-likeness (QED) is 0.0199. The first-order valence-corrected chi connectivity index (χ1v) is 29.5. The Kier molecular flexibility index (Phi) is 54.8. The van der Waals surface area contributed by atoms with Gasteiger partial charge in [-0.2, -0.15) is 0 Å². The van der Waals surface area contributed by atoms with Crippen molar-refractivity contribution in [3.05, 3.63) is 72.9 Å². The number of ether oxygens (including phenoxy) is 3. The predicted octanol–water partition coefficient (Wildman–Crippen LogP) is 19.8. The largest absolute Gasteiger partial charge is 0.462 e. The van der Waals surface area contributed by atoms with Crippen LogP contribution < -0.4 is 0 Å². The van der Waals surface area contributed by atoms with E-state index in [0.29, 0.717) is 19.3 Å². The Bertz CT molecular complexity index is 1290. The molecule has 0 aromatic heterocycles. The molecule has 398 valence electrons. The lowest BCUT2D eigenvalue weighted by atomic mass is 10.0. The van der Waals surface area contributed by atoms with Crippen LogP contribution in [0.5, 0.6) is 0 Å². The van der Waals surface area contributed by atoms with Crippen molar-refractivity contribution in [1.29, 1.82) is 0 Å². The summed E-state index contributed by atoms with van der Waals surface area (Å²) in [5.74, 6) is -0.910. The molecule has 0 heterocycles. The van der Waals surface area contributed by atoms with Crippen LogP contribution in [0.2, 0.25) is 0 Å². The van der Waals surface area contributed by atoms with Gasteiger partial charge in [0.2, 0.25) is 0 Å². The maximum atomic E-state index is 12.9. The van der Waals surface area contributed by atoms with Crippen molar-refractivity contribution in [2.75, 3.05) is 13.2 Å². The molecule has 0 aliphatic carbocycles. The zero-order valence-corrected chi connectivity index (χ0v) is 45.6. The second-order valence-electron chi connectivity index (χ2n) is 19.6. The Labute approximate surface area is 427 Å². The highest BCUT2D eigenvalue weighted by molar-refractivity contribution is 5.71. The summed E-state index contributed by atoms with van der Waals surface area (Å²) in [6.07, 6.45) is 73.2. The first kappa shape index (κ1) is 65.8. The van der Waals surface area contributed by atoms with Gasteiger partial charge >= 0.3 is 17.9 Å². The van der Waals surface area contributed by atoms with E-state index in [1.54, 1.807) is 0 Å². The van der Waals surface area contributed by atoms with Crippen molar-refractivity contribution < 1.29 is 28.6 Å². The van der Waals surface area contributed by atoms with Gasteiger partial charge in [0.15, 0.2) is 6.10 Å². The van der Waals surface area contributed by atoms with Crippen LogP contribution in [0.25, 0.3) is 0 Å². The SMILES string of the molecule is CC/C=C\C/C=C\C/C=C\C/C=C\CCCCCC(=O)OC(COC(=O)CCCCCCCCCCCC/C=C\C=C/CCCCC)COC(=O)CCCCCCCCCCCCCCCCCC. The highest BCUT2D eigenvalue weighted by Crippen LogP contribution is 2.16. The van der Waals surface area contributed by atoms with Gasteiger partial charge < -0.3 is 14.2 Å². The van der Waals surface area contributed by atoms with E-state index in [2.05, 4.69) is 93.7 Å². The number of hydrogen-bond donors (Lipinski definition) is 0. The van der Waals surface area contributed by atoms with Crippen molar-refractivity contribution in [3.63, 3.8) is 0 Å². The Morgan fingerprint density at radius 1 is 0.319 bits per heavy atom. The lowest BCUT2D eigenvalue weighted by molar-refractivity contribution is -0.167. The number of allylic oxidation sites excluding steroid dienone is 12. The van der Waals surface area contributed by atoms with E-state index in [4.69, 9.17) is 14.2 Å². The Balaban J connectivity index is 4.40. The van der Waals surface area contributed by atoms with Crippen molar-refractivity contribution in [2.24, 2.45) is 0 Å². The molecule has 0 saturated carbocycles. The van der Waals surface area contributed by atoms with Gasteiger partial charge in [-0.1, -0.05) is 261 Å². The average molecular weight is 964 g/mol. The Hall–Kier alpha value is -3.15. The molecule has 1 unspecified atom stereocenters. The molecular formula is C63H110O6. The third-order valence-electron chi connectivity index (χ3n) is 12.7. The van der Waals surface area contributed by atoms with Crippen molar-refractivity contribution in [3.8, 4) is 0 Å². The first-order valence-electron chi connectivity index (χ1n) is 29.5. The number of esters is 3. The molecule has 0 radical (unpaired) electrons. The topological polar surface area (TPSA) is 78.9 Å². The van der Waals surface area contributed by atoms with E-state index in [0.717, 1.165) is 89.9 Å². The molecule has 6 nitrogen and oxygen atoms in total. The molecule has 0 aromatic carbocycles. The van der Waals surface area contributed by atoms with Crippen LogP contribution >= 0.6 is 0 Å². The van der Waals surface area contributed by atoms with Gasteiger partial charge in [-0.25, -0.2) is 0 Å². The molecule has 0 aliphatic heterocycles. The maximum absolute atomic E-state index is 12.9. The Morgan fingerprint density at radius 3 is 1.01 bits per heavy atom. The number of hydrogen-bond acceptors (Lipinski definition) is 6. The highest BCUT2D eigenvalue weighted by atomic mass is 16.6. The summed E-state index contributed by atoms with van der Waals surface area (Å²) in [7, 11) is 0. The molecule has 0 aliphatic rings. The van der Waals surface area contributed by atoms with E-state index in [1.165, 1.54) is 161 Å². The minimum absolute atomic E-state index is 0.0869. The normalized spacial score (nSPS) is 12.6. The van der Waals surface area contributed by atoms with Crippen LogP contribution in [-0.4, -0.2) is 37.2 Å². The van der Waals surface area contributed by atoms with Crippen LogP contribution in [0.3, 0.4) is 0 Å². The molecule has 1 atom stereocenters. The highest BCUT2D eigenvalue weighted by Gasteiger charge is 2.19. The van der Waals surface area contributed by atoms with Crippen LogP contribution in [0.15, 0.2) is 72.9 Å². The molecule has 0 bridgehead atoms. The lowest BCUT2D eigenvalue weighted by Crippen LogP contribution is -2.30. The summed E-state index contributed by atoms with van der Waals surface area (Å²) in [4.78, 5) is 38.2. The summed E-state index contributed by atoms with van der Waals surface area (Å²) < 4.78 is 16.9. The summed E-state index contributed by atoms with van der Waals surface area (Å²) in [6.45, 7) is 6.50. The van der Waals surface area contributed by atoms with Crippen LogP contribution in [0, 0.1) is 0 Å². The molecule has 69 heavy (non-hydrogen) atoms. The van der Waals surface area contributed by atoms with Crippen LogP contribution in [0.4, 0.5) is 0 Å². The first-order chi connectivity index (χ1) is 34.0. The van der Waals surface area contributed by atoms with E-state index in [1.807, 2.05) is 0 Å². The minimum Gasteiger partial charge on any atom is -0.462 e. The average Bonchev–Trinajstić information content (AvgIpc) is 3.35. The van der Waals surface area contributed by atoms with Crippen molar-refractivity contribution in [1.82, 2.24) is 0 Å². The number of carbonyl (C=O) groups is 3. The van der Waals surface area contributed by atoms with Gasteiger partial charge in [0.05, 0.1) is 0 Å². The fourth-order valence-corrected chi connectivity index (χ4v) is 8.31. The van der Waals surface area contributed by atoms with Crippen LogP contribution in [-0.2, 0) is 28.6 Å². The lowest BCUT2D eigenvalue weighted by Gasteiger charge is -2.18. The molecule has 6 heteroatoms. The molecule has 0 spiro atoms. The van der Waals surface area contributed by atoms with Crippen molar-refractivity contribution in [2.45, 2.75) is 297 Å². The summed E-state index contributed by atoms with van der Waals surface area (Å²) in [6, 6.07) is 0. The van der Waals surface area contributed by atoms with E-state index in [9.17, 15) is 14.4 Å².